The van der Waals surface area contributed by atoms with Crippen molar-refractivity contribution >= 4 is 11.8 Å². The number of nitrogens with one attached hydrogen (secondary N) is 2. The maximum atomic E-state index is 11.8. The molecule has 0 heterocycles. The number of phenols is 1. The van der Waals surface area contributed by atoms with Crippen molar-refractivity contribution in [2.75, 3.05) is 6.54 Å². The van der Waals surface area contributed by atoms with Crippen molar-refractivity contribution in [2.24, 2.45) is 5.41 Å². The molecule has 0 atom stereocenters. The Morgan fingerprint density at radius 2 is 1.85 bits per heavy atom. The summed E-state index contributed by atoms with van der Waals surface area (Å²) >= 11 is 0. The van der Waals surface area contributed by atoms with Gasteiger partial charge in [-0.05, 0) is 42.5 Å². The normalized spacial score (nSPS) is 17.1. The second-order valence-corrected chi connectivity index (χ2v) is 6.07. The molecule has 1 aromatic rings. The van der Waals surface area contributed by atoms with E-state index in [1.807, 2.05) is 0 Å². The largest absolute Gasteiger partial charge is 0.508 e. The quantitative estimate of drug-likeness (QED) is 0.778. The van der Waals surface area contributed by atoms with Gasteiger partial charge in [-0.3, -0.25) is 9.59 Å². The van der Waals surface area contributed by atoms with Gasteiger partial charge < -0.3 is 15.7 Å². The lowest BCUT2D eigenvalue weighted by Crippen LogP contribution is -2.50. The summed E-state index contributed by atoms with van der Waals surface area (Å²) in [6.07, 6.45) is 1.95. The fourth-order valence-corrected chi connectivity index (χ4v) is 2.53. The first-order valence-electron chi connectivity index (χ1n) is 6.72. The maximum Gasteiger partial charge on any atom is 0.251 e. The van der Waals surface area contributed by atoms with Crippen LogP contribution in [0.1, 0.15) is 37.0 Å². The summed E-state index contributed by atoms with van der Waals surface area (Å²) in [5.41, 5.74) is 0.730. The first kappa shape index (κ1) is 14.4. The van der Waals surface area contributed by atoms with Gasteiger partial charge in [0.2, 0.25) is 5.91 Å². The predicted molar refractivity (Wildman–Crippen MR) is 75.4 cm³/mol. The van der Waals surface area contributed by atoms with Crippen LogP contribution in [-0.2, 0) is 4.79 Å². The fourth-order valence-electron chi connectivity index (χ4n) is 2.53. The number of hydrogen-bond donors (Lipinski definition) is 3. The van der Waals surface area contributed by atoms with Crippen LogP contribution in [0.4, 0.5) is 0 Å². The predicted octanol–water partition coefficient (Wildman–Crippen LogP) is 1.43. The van der Waals surface area contributed by atoms with E-state index in [0.717, 1.165) is 12.8 Å². The van der Waals surface area contributed by atoms with E-state index in [1.54, 1.807) is 0 Å². The van der Waals surface area contributed by atoms with E-state index in [0.29, 0.717) is 11.0 Å². The van der Waals surface area contributed by atoms with Crippen LogP contribution in [0.2, 0.25) is 0 Å². The van der Waals surface area contributed by atoms with Gasteiger partial charge in [-0.2, -0.15) is 0 Å². The lowest BCUT2D eigenvalue weighted by Gasteiger charge is -2.42. The van der Waals surface area contributed by atoms with Crippen molar-refractivity contribution in [3.8, 4) is 5.75 Å². The molecule has 1 aliphatic carbocycles. The summed E-state index contributed by atoms with van der Waals surface area (Å²) in [6, 6.07) is 6.12. The first-order valence-corrected chi connectivity index (χ1v) is 6.72. The highest BCUT2D eigenvalue weighted by atomic mass is 16.3. The lowest BCUT2D eigenvalue weighted by molar-refractivity contribution is -0.122. The Kier molecular flexibility index (Phi) is 3.97. The molecule has 1 aliphatic rings. The smallest absolute Gasteiger partial charge is 0.251 e. The summed E-state index contributed by atoms with van der Waals surface area (Å²) in [4.78, 5) is 23.4. The Balaban J connectivity index is 1.73. The van der Waals surface area contributed by atoms with Crippen LogP contribution in [0.25, 0.3) is 0 Å². The molecule has 2 rings (SSSR count). The van der Waals surface area contributed by atoms with Crippen LogP contribution in [0.3, 0.4) is 0 Å². The zero-order valence-electron chi connectivity index (χ0n) is 11.8. The number of phenolic OH excluding ortho intramolecular Hbond substituents is 1. The minimum atomic E-state index is -0.325. The fraction of sp³-hybridized carbons (Fsp3) is 0.467. The number of hydrogen-bond acceptors (Lipinski definition) is 3. The molecule has 1 aromatic carbocycles. The van der Waals surface area contributed by atoms with Crippen molar-refractivity contribution in [1.82, 2.24) is 10.6 Å². The van der Waals surface area contributed by atoms with Gasteiger partial charge in [0.05, 0.1) is 6.54 Å². The summed E-state index contributed by atoms with van der Waals surface area (Å²) < 4.78 is 0. The number of aromatic hydroxyl groups is 1. The molecular weight excluding hydrogens is 256 g/mol. The standard InChI is InChI=1S/C15H20N2O3/c1-15(2)7-11(8-15)17-13(19)9-16-14(20)10-3-5-12(18)6-4-10/h3-6,11,18H,7-9H2,1-2H3,(H,16,20)(H,17,19). The Morgan fingerprint density at radius 1 is 1.25 bits per heavy atom. The van der Waals surface area contributed by atoms with Crippen LogP contribution in [0.5, 0.6) is 5.75 Å². The minimum absolute atomic E-state index is 0.0311. The molecule has 0 aliphatic heterocycles. The van der Waals surface area contributed by atoms with Crippen LogP contribution in [0.15, 0.2) is 24.3 Å². The number of carbonyl (C=O) groups excluding carboxylic acids is 2. The van der Waals surface area contributed by atoms with Gasteiger partial charge in [0.25, 0.3) is 5.91 Å². The molecule has 0 saturated heterocycles. The van der Waals surface area contributed by atoms with Crippen LogP contribution >= 0.6 is 0 Å². The van der Waals surface area contributed by atoms with E-state index in [2.05, 4.69) is 24.5 Å². The monoisotopic (exact) mass is 276 g/mol. The van der Waals surface area contributed by atoms with Crippen molar-refractivity contribution in [3.63, 3.8) is 0 Å². The van der Waals surface area contributed by atoms with Gasteiger partial charge in [0.1, 0.15) is 5.75 Å². The zero-order chi connectivity index (χ0) is 14.8. The van der Waals surface area contributed by atoms with E-state index in [4.69, 9.17) is 5.11 Å². The zero-order valence-corrected chi connectivity index (χ0v) is 11.8. The highest BCUT2D eigenvalue weighted by molar-refractivity contribution is 5.96. The summed E-state index contributed by atoms with van der Waals surface area (Å²) in [5.74, 6) is -0.390. The van der Waals surface area contributed by atoms with Crippen molar-refractivity contribution < 1.29 is 14.7 Å². The summed E-state index contributed by atoms with van der Waals surface area (Å²) in [7, 11) is 0. The molecule has 20 heavy (non-hydrogen) atoms. The first-order chi connectivity index (χ1) is 9.35. The average molecular weight is 276 g/mol. The molecule has 0 radical (unpaired) electrons. The Hall–Kier alpha value is -2.04. The van der Waals surface area contributed by atoms with Crippen LogP contribution in [-0.4, -0.2) is 29.5 Å². The van der Waals surface area contributed by atoms with Gasteiger partial charge in [-0.15, -0.1) is 0 Å². The number of benzene rings is 1. The number of rotatable bonds is 4. The molecule has 0 bridgehead atoms. The summed E-state index contributed by atoms with van der Waals surface area (Å²) in [5, 5.41) is 14.6. The molecule has 5 heteroatoms. The summed E-state index contributed by atoms with van der Waals surface area (Å²) in [6.45, 7) is 4.31. The van der Waals surface area contributed by atoms with Crippen molar-refractivity contribution in [1.29, 1.82) is 0 Å². The van der Waals surface area contributed by atoms with Crippen LogP contribution < -0.4 is 10.6 Å². The molecule has 0 unspecified atom stereocenters. The van der Waals surface area contributed by atoms with Crippen LogP contribution in [0, 0.1) is 5.41 Å². The second-order valence-electron chi connectivity index (χ2n) is 6.07. The number of carbonyl (C=O) groups is 2. The second kappa shape index (κ2) is 5.53. The molecule has 108 valence electrons. The van der Waals surface area contributed by atoms with Gasteiger partial charge in [0.15, 0.2) is 0 Å². The molecule has 5 nitrogen and oxygen atoms in total. The van der Waals surface area contributed by atoms with E-state index in [1.165, 1.54) is 24.3 Å². The van der Waals surface area contributed by atoms with E-state index in [-0.39, 0.29) is 30.2 Å². The topological polar surface area (TPSA) is 78.4 Å². The molecule has 2 amide bonds. The molecule has 0 aromatic heterocycles. The van der Waals surface area contributed by atoms with E-state index < -0.39 is 0 Å². The van der Waals surface area contributed by atoms with Gasteiger partial charge in [-0.25, -0.2) is 0 Å². The average Bonchev–Trinajstić information content (AvgIpc) is 2.34. The molecule has 1 fully saturated rings. The highest BCUT2D eigenvalue weighted by Gasteiger charge is 2.36. The van der Waals surface area contributed by atoms with E-state index >= 15 is 0 Å². The SMILES string of the molecule is CC1(C)CC(NC(=O)CNC(=O)c2ccc(O)cc2)C1. The molecule has 1 saturated carbocycles. The Labute approximate surface area is 118 Å². The van der Waals surface area contributed by atoms with Gasteiger partial charge in [-0.1, -0.05) is 13.8 Å². The van der Waals surface area contributed by atoms with Gasteiger partial charge >= 0.3 is 0 Å². The Morgan fingerprint density at radius 3 is 2.40 bits per heavy atom. The van der Waals surface area contributed by atoms with Crippen molar-refractivity contribution in [3.05, 3.63) is 29.8 Å². The number of amides is 2. The Bertz CT molecular complexity index is 500. The molecule has 3 N–H and O–H groups in total. The third-order valence-corrected chi connectivity index (χ3v) is 3.50. The maximum absolute atomic E-state index is 11.8. The highest BCUT2D eigenvalue weighted by Crippen LogP contribution is 2.39. The minimum Gasteiger partial charge on any atom is -0.508 e. The molecular formula is C15H20N2O3. The van der Waals surface area contributed by atoms with E-state index in [9.17, 15) is 9.59 Å². The third-order valence-electron chi connectivity index (χ3n) is 3.50. The van der Waals surface area contributed by atoms with Crippen molar-refractivity contribution in [2.45, 2.75) is 32.7 Å². The van der Waals surface area contributed by atoms with Gasteiger partial charge in [0, 0.05) is 11.6 Å². The lowest BCUT2D eigenvalue weighted by atomic mass is 9.68. The molecule has 0 spiro atoms. The third kappa shape index (κ3) is 3.73.